The van der Waals surface area contributed by atoms with Gasteiger partial charge in [0.2, 0.25) is 5.43 Å². The Kier molecular flexibility index (Phi) is 2.74. The Morgan fingerprint density at radius 2 is 1.82 bits per heavy atom. The lowest BCUT2D eigenvalue weighted by molar-refractivity contribution is -0.137. The summed E-state index contributed by atoms with van der Waals surface area (Å²) in [5.74, 6) is -1.07. The van der Waals surface area contributed by atoms with Crippen molar-refractivity contribution in [3.8, 4) is 0 Å². The Morgan fingerprint density at radius 1 is 1.12 bits per heavy atom. The molecule has 86 valence electrons. The van der Waals surface area contributed by atoms with E-state index in [0.717, 1.165) is 0 Å². The van der Waals surface area contributed by atoms with Crippen LogP contribution in [0.25, 0.3) is 10.9 Å². The van der Waals surface area contributed by atoms with Gasteiger partial charge in [-0.25, -0.2) is 0 Å². The fourth-order valence-corrected chi connectivity index (χ4v) is 1.68. The van der Waals surface area contributed by atoms with E-state index < -0.39 is 5.97 Å². The van der Waals surface area contributed by atoms with Crippen molar-refractivity contribution in [2.24, 2.45) is 0 Å². The van der Waals surface area contributed by atoms with Gasteiger partial charge in [0.05, 0.1) is 0 Å². The highest BCUT2D eigenvalue weighted by Gasteiger charge is 2.07. The summed E-state index contributed by atoms with van der Waals surface area (Å²) in [5, 5.41) is 8.97. The van der Waals surface area contributed by atoms with E-state index in [1.165, 1.54) is 35.0 Å². The maximum atomic E-state index is 11.8. The largest absolute Gasteiger partial charge is 0.480 e. The number of hydrogen-bond acceptors (Lipinski definition) is 3. The molecule has 0 aliphatic rings. The third-order valence-corrected chi connectivity index (χ3v) is 2.37. The standard InChI is InChI=1S/C12H9NO4/c14-9-5-6-13(7-11(16)17)12-8(9)3-1-2-4-10(12)15/h1-6H,7H2,(H,16,17). The molecule has 5 nitrogen and oxygen atoms in total. The minimum atomic E-state index is -1.07. The molecule has 0 saturated heterocycles. The van der Waals surface area contributed by atoms with Gasteiger partial charge in [-0.3, -0.25) is 14.4 Å². The summed E-state index contributed by atoms with van der Waals surface area (Å²) in [6.45, 7) is -0.351. The first-order chi connectivity index (χ1) is 8.09. The molecule has 0 unspecified atom stereocenters. The van der Waals surface area contributed by atoms with Gasteiger partial charge < -0.3 is 9.67 Å². The molecule has 0 aliphatic carbocycles. The van der Waals surface area contributed by atoms with Crippen LogP contribution in [-0.4, -0.2) is 15.6 Å². The summed E-state index contributed by atoms with van der Waals surface area (Å²) in [7, 11) is 0. The SMILES string of the molecule is O=C(O)Cn1ccc(=O)c2ccccc(=O)c21. The van der Waals surface area contributed by atoms with Gasteiger partial charge in [0.25, 0.3) is 0 Å². The lowest BCUT2D eigenvalue weighted by atomic mass is 10.2. The smallest absolute Gasteiger partial charge is 0.323 e. The molecule has 0 aliphatic heterocycles. The van der Waals surface area contributed by atoms with Gasteiger partial charge in [-0.15, -0.1) is 0 Å². The van der Waals surface area contributed by atoms with E-state index >= 15 is 0 Å². The van der Waals surface area contributed by atoms with Gasteiger partial charge in [-0.1, -0.05) is 12.1 Å². The van der Waals surface area contributed by atoms with E-state index in [1.54, 1.807) is 6.07 Å². The highest BCUT2D eigenvalue weighted by molar-refractivity contribution is 5.79. The average molecular weight is 231 g/mol. The van der Waals surface area contributed by atoms with Crippen molar-refractivity contribution in [1.82, 2.24) is 4.57 Å². The van der Waals surface area contributed by atoms with Crippen LogP contribution < -0.4 is 10.9 Å². The van der Waals surface area contributed by atoms with Crippen LogP contribution in [0, 0.1) is 0 Å². The zero-order valence-electron chi connectivity index (χ0n) is 8.79. The second-order valence-corrected chi connectivity index (χ2v) is 3.55. The molecule has 2 aromatic rings. The quantitative estimate of drug-likeness (QED) is 0.813. The van der Waals surface area contributed by atoms with Gasteiger partial charge in [-0.2, -0.15) is 0 Å². The van der Waals surface area contributed by atoms with Crippen LogP contribution >= 0.6 is 0 Å². The summed E-state index contributed by atoms with van der Waals surface area (Å²) in [6, 6.07) is 7.17. The molecule has 17 heavy (non-hydrogen) atoms. The van der Waals surface area contributed by atoms with Crippen molar-refractivity contribution < 1.29 is 9.90 Å². The molecule has 1 heterocycles. The molecule has 0 bridgehead atoms. The maximum absolute atomic E-state index is 11.8. The van der Waals surface area contributed by atoms with Crippen LogP contribution in [0.4, 0.5) is 0 Å². The average Bonchev–Trinajstić information content (AvgIpc) is 2.45. The number of aromatic nitrogens is 1. The Hall–Kier alpha value is -2.43. The number of carboxylic acids is 1. The molecule has 0 atom stereocenters. The van der Waals surface area contributed by atoms with Crippen LogP contribution in [0.3, 0.4) is 0 Å². The van der Waals surface area contributed by atoms with Crippen LogP contribution in [-0.2, 0) is 11.3 Å². The highest BCUT2D eigenvalue weighted by atomic mass is 16.4. The monoisotopic (exact) mass is 231 g/mol. The summed E-state index contributed by atoms with van der Waals surface area (Å²) >= 11 is 0. The molecule has 0 fully saturated rings. The number of rotatable bonds is 2. The van der Waals surface area contributed by atoms with E-state index in [9.17, 15) is 14.4 Å². The van der Waals surface area contributed by atoms with E-state index in [-0.39, 0.29) is 28.3 Å². The second kappa shape index (κ2) is 4.21. The molecule has 0 saturated carbocycles. The molecule has 1 aromatic carbocycles. The van der Waals surface area contributed by atoms with Crippen molar-refractivity contribution in [2.75, 3.05) is 0 Å². The zero-order valence-corrected chi connectivity index (χ0v) is 8.79. The zero-order chi connectivity index (χ0) is 12.4. The van der Waals surface area contributed by atoms with E-state index in [0.29, 0.717) is 0 Å². The Balaban J connectivity index is 2.94. The van der Waals surface area contributed by atoms with E-state index in [4.69, 9.17) is 5.11 Å². The van der Waals surface area contributed by atoms with E-state index in [2.05, 4.69) is 0 Å². The van der Waals surface area contributed by atoms with E-state index in [1.807, 2.05) is 0 Å². The molecular weight excluding hydrogens is 222 g/mol. The molecular formula is C12H9NO4. The number of carboxylic acid groups (broad SMARTS) is 1. The number of carbonyl (C=O) groups is 1. The lowest BCUT2D eigenvalue weighted by Gasteiger charge is -2.04. The highest BCUT2D eigenvalue weighted by Crippen LogP contribution is 2.03. The predicted octanol–water partition coefficient (Wildman–Crippen LogP) is 0.446. The number of hydrogen-bond donors (Lipinski definition) is 1. The van der Waals surface area contributed by atoms with Crippen molar-refractivity contribution in [2.45, 2.75) is 6.54 Å². The molecule has 1 aromatic heterocycles. The van der Waals surface area contributed by atoms with Crippen molar-refractivity contribution in [3.05, 3.63) is 57.0 Å². The fraction of sp³-hybridized carbons (Fsp3) is 0.0833. The van der Waals surface area contributed by atoms with Gasteiger partial charge in [0.15, 0.2) is 5.43 Å². The van der Waals surface area contributed by atoms with Crippen LogP contribution in [0.2, 0.25) is 0 Å². The molecule has 0 amide bonds. The number of aliphatic carboxylic acids is 1. The Morgan fingerprint density at radius 3 is 2.53 bits per heavy atom. The van der Waals surface area contributed by atoms with Gasteiger partial charge in [0, 0.05) is 17.6 Å². The number of fused-ring (bicyclic) bond motifs is 1. The summed E-state index contributed by atoms with van der Waals surface area (Å²) < 4.78 is 1.27. The minimum Gasteiger partial charge on any atom is -0.480 e. The van der Waals surface area contributed by atoms with Gasteiger partial charge in [-0.05, 0) is 12.1 Å². The maximum Gasteiger partial charge on any atom is 0.323 e. The molecule has 0 radical (unpaired) electrons. The third kappa shape index (κ3) is 2.08. The lowest BCUT2D eigenvalue weighted by Crippen LogP contribution is -2.17. The predicted molar refractivity (Wildman–Crippen MR) is 62.1 cm³/mol. The second-order valence-electron chi connectivity index (χ2n) is 3.55. The third-order valence-electron chi connectivity index (χ3n) is 2.37. The normalized spacial score (nSPS) is 10.4. The first-order valence-electron chi connectivity index (χ1n) is 4.94. The molecule has 1 N–H and O–H groups in total. The Bertz CT molecular complexity index is 703. The topological polar surface area (TPSA) is 76.4 Å². The van der Waals surface area contributed by atoms with Crippen molar-refractivity contribution >= 4 is 16.9 Å². The summed E-state index contributed by atoms with van der Waals surface area (Å²) in [6.07, 6.45) is 1.32. The van der Waals surface area contributed by atoms with Crippen LogP contribution in [0.15, 0.2) is 46.1 Å². The molecule has 0 spiro atoms. The molecule has 5 heteroatoms. The number of pyridine rings is 1. The van der Waals surface area contributed by atoms with Crippen LogP contribution in [0.1, 0.15) is 0 Å². The summed E-state index contributed by atoms with van der Waals surface area (Å²) in [5.41, 5.74) is -0.552. The number of nitrogens with zero attached hydrogens (tertiary/aromatic N) is 1. The van der Waals surface area contributed by atoms with Crippen molar-refractivity contribution in [1.29, 1.82) is 0 Å². The van der Waals surface area contributed by atoms with Crippen LogP contribution in [0.5, 0.6) is 0 Å². The first kappa shape index (κ1) is 11.1. The minimum absolute atomic E-state index is 0.116. The Labute approximate surface area is 95.6 Å². The van der Waals surface area contributed by atoms with Gasteiger partial charge in [0.1, 0.15) is 12.1 Å². The first-order valence-corrected chi connectivity index (χ1v) is 4.94. The van der Waals surface area contributed by atoms with Crippen molar-refractivity contribution in [3.63, 3.8) is 0 Å². The van der Waals surface area contributed by atoms with Gasteiger partial charge >= 0.3 is 5.97 Å². The molecule has 2 rings (SSSR count). The fourth-order valence-electron chi connectivity index (χ4n) is 1.68. The summed E-state index contributed by atoms with van der Waals surface area (Å²) in [4.78, 5) is 34.1.